The Bertz CT molecular complexity index is 1010. The van der Waals surface area contributed by atoms with Gasteiger partial charge in [0.1, 0.15) is 11.9 Å². The monoisotopic (exact) mass is 467 g/mol. The van der Waals surface area contributed by atoms with E-state index in [0.29, 0.717) is 24.9 Å². The molecule has 2 amide bonds. The van der Waals surface area contributed by atoms with Crippen LogP contribution in [0.5, 0.6) is 0 Å². The lowest BCUT2D eigenvalue weighted by molar-refractivity contribution is -0.144. The first-order chi connectivity index (χ1) is 16.3. The molecule has 34 heavy (non-hydrogen) atoms. The molecule has 1 aliphatic rings. The number of amides is 2. The standard InChI is InChI=1S/C24H29N5O5/c25-23(26)17-8-6-16(7-9-17)19-12-18(34-29-19)13-22(31)28-20(24(32)33)14-21(30)27-11-10-15-4-2-1-3-5-15/h1-9,18-20,29H,10-14H2,(H3,25,26)(H,27,30)(H,28,31)(H,32,33)/t18-,19+,20+/m1/s1. The first-order valence-corrected chi connectivity index (χ1v) is 11.0. The van der Waals surface area contributed by atoms with Gasteiger partial charge in [-0.1, -0.05) is 54.6 Å². The second kappa shape index (κ2) is 11.9. The fraction of sp³-hybridized carbons (Fsp3) is 0.333. The normalized spacial score (nSPS) is 18.1. The molecule has 0 aliphatic carbocycles. The number of hydrogen-bond acceptors (Lipinski definition) is 6. The first-order valence-electron chi connectivity index (χ1n) is 11.0. The predicted molar refractivity (Wildman–Crippen MR) is 125 cm³/mol. The van der Waals surface area contributed by atoms with Gasteiger partial charge in [0.2, 0.25) is 11.8 Å². The van der Waals surface area contributed by atoms with E-state index in [4.69, 9.17) is 16.0 Å². The van der Waals surface area contributed by atoms with Gasteiger partial charge in [0.25, 0.3) is 0 Å². The maximum atomic E-state index is 12.4. The molecule has 3 rings (SSSR count). The van der Waals surface area contributed by atoms with Crippen LogP contribution in [0.2, 0.25) is 0 Å². The van der Waals surface area contributed by atoms with Gasteiger partial charge in [-0.2, -0.15) is 5.48 Å². The Kier molecular flexibility index (Phi) is 8.72. The highest BCUT2D eigenvalue weighted by atomic mass is 16.7. The van der Waals surface area contributed by atoms with Crippen molar-refractivity contribution in [1.29, 1.82) is 5.41 Å². The Morgan fingerprint density at radius 3 is 2.47 bits per heavy atom. The highest BCUT2D eigenvalue weighted by molar-refractivity contribution is 5.94. The maximum absolute atomic E-state index is 12.4. The number of nitrogens with two attached hydrogens (primary N) is 1. The molecule has 3 atom stereocenters. The number of carboxylic acid groups (broad SMARTS) is 1. The first kappa shape index (κ1) is 24.9. The van der Waals surface area contributed by atoms with E-state index in [-0.39, 0.29) is 24.7 Å². The molecule has 1 aliphatic heterocycles. The van der Waals surface area contributed by atoms with Crippen molar-refractivity contribution >= 4 is 23.6 Å². The molecule has 0 aromatic heterocycles. The lowest BCUT2D eigenvalue weighted by atomic mass is 9.99. The predicted octanol–water partition coefficient (Wildman–Crippen LogP) is 1.01. The molecule has 180 valence electrons. The Labute approximate surface area is 197 Å². The molecule has 2 aromatic carbocycles. The van der Waals surface area contributed by atoms with Gasteiger partial charge < -0.3 is 21.5 Å². The van der Waals surface area contributed by atoms with Crippen molar-refractivity contribution < 1.29 is 24.3 Å². The van der Waals surface area contributed by atoms with E-state index in [2.05, 4.69) is 16.1 Å². The molecule has 0 bridgehead atoms. The van der Waals surface area contributed by atoms with E-state index in [1.807, 2.05) is 42.5 Å². The van der Waals surface area contributed by atoms with E-state index in [1.54, 1.807) is 12.1 Å². The van der Waals surface area contributed by atoms with Gasteiger partial charge in [-0.05, 0) is 24.0 Å². The molecule has 0 unspecified atom stereocenters. The highest BCUT2D eigenvalue weighted by Crippen LogP contribution is 2.27. The van der Waals surface area contributed by atoms with Gasteiger partial charge in [0.15, 0.2) is 0 Å². The third-order valence-electron chi connectivity index (χ3n) is 5.51. The van der Waals surface area contributed by atoms with Gasteiger partial charge in [0, 0.05) is 12.1 Å². The van der Waals surface area contributed by atoms with Crippen molar-refractivity contribution in [1.82, 2.24) is 16.1 Å². The zero-order chi connectivity index (χ0) is 24.5. The van der Waals surface area contributed by atoms with Crippen LogP contribution in [-0.4, -0.2) is 47.4 Å². The summed E-state index contributed by atoms with van der Waals surface area (Å²) < 4.78 is 0. The van der Waals surface area contributed by atoms with E-state index < -0.39 is 29.9 Å². The lowest BCUT2D eigenvalue weighted by Gasteiger charge is -2.16. The number of carbonyl (C=O) groups excluding carboxylic acids is 2. The molecular formula is C24H29N5O5. The highest BCUT2D eigenvalue weighted by Gasteiger charge is 2.30. The van der Waals surface area contributed by atoms with Gasteiger partial charge >= 0.3 is 5.97 Å². The van der Waals surface area contributed by atoms with E-state index in [9.17, 15) is 19.5 Å². The summed E-state index contributed by atoms with van der Waals surface area (Å²) in [6.07, 6.45) is 0.275. The molecule has 7 N–H and O–H groups in total. The summed E-state index contributed by atoms with van der Waals surface area (Å²) in [4.78, 5) is 41.6. The second-order valence-corrected chi connectivity index (χ2v) is 8.13. The van der Waals surface area contributed by atoms with Crippen molar-refractivity contribution in [3.63, 3.8) is 0 Å². The molecule has 10 heteroatoms. The number of aliphatic carboxylic acids is 1. The summed E-state index contributed by atoms with van der Waals surface area (Å²) in [5, 5.41) is 22.0. The number of benzene rings is 2. The van der Waals surface area contributed by atoms with Crippen LogP contribution in [0.1, 0.15) is 42.0 Å². The Morgan fingerprint density at radius 1 is 1.12 bits per heavy atom. The van der Waals surface area contributed by atoms with Gasteiger partial charge in [-0.15, -0.1) is 0 Å². The summed E-state index contributed by atoms with van der Waals surface area (Å²) in [5.41, 5.74) is 10.9. The molecule has 1 fully saturated rings. The SMILES string of the molecule is N=C(N)c1ccc([C@@H]2C[C@H](CC(=O)N[C@@H](CC(=O)NCCc3ccccc3)C(=O)O)ON2)cc1. The average molecular weight is 468 g/mol. The zero-order valence-electron chi connectivity index (χ0n) is 18.6. The van der Waals surface area contributed by atoms with Crippen LogP contribution in [0.25, 0.3) is 0 Å². The van der Waals surface area contributed by atoms with Gasteiger partial charge in [0.05, 0.1) is 25.0 Å². The summed E-state index contributed by atoms with van der Waals surface area (Å²) in [6, 6.07) is 15.3. The van der Waals surface area contributed by atoms with Crippen molar-refractivity contribution in [2.24, 2.45) is 5.73 Å². The topological polar surface area (TPSA) is 167 Å². The molecule has 1 saturated heterocycles. The van der Waals surface area contributed by atoms with E-state index >= 15 is 0 Å². The van der Waals surface area contributed by atoms with Crippen LogP contribution in [0, 0.1) is 5.41 Å². The molecule has 0 saturated carbocycles. The lowest BCUT2D eigenvalue weighted by Crippen LogP contribution is -2.45. The number of rotatable bonds is 11. The van der Waals surface area contributed by atoms with Crippen LogP contribution in [0.3, 0.4) is 0 Å². The quantitative estimate of drug-likeness (QED) is 0.212. The van der Waals surface area contributed by atoms with Crippen LogP contribution < -0.4 is 21.8 Å². The molecule has 1 heterocycles. The third-order valence-corrected chi connectivity index (χ3v) is 5.51. The smallest absolute Gasteiger partial charge is 0.326 e. The average Bonchev–Trinajstić information content (AvgIpc) is 3.27. The maximum Gasteiger partial charge on any atom is 0.326 e. The summed E-state index contributed by atoms with van der Waals surface area (Å²) in [6.45, 7) is 0.375. The van der Waals surface area contributed by atoms with Crippen LogP contribution in [0.15, 0.2) is 54.6 Å². The summed E-state index contributed by atoms with van der Waals surface area (Å²) in [5.74, 6) is -2.25. The number of carbonyl (C=O) groups is 3. The molecule has 2 aromatic rings. The van der Waals surface area contributed by atoms with Crippen LogP contribution >= 0.6 is 0 Å². The van der Waals surface area contributed by atoms with Crippen molar-refractivity contribution in [2.75, 3.05) is 6.54 Å². The minimum atomic E-state index is -1.33. The summed E-state index contributed by atoms with van der Waals surface area (Å²) in [7, 11) is 0. The Morgan fingerprint density at radius 2 is 1.82 bits per heavy atom. The number of carboxylic acids is 1. The number of hydroxylamine groups is 1. The number of nitrogen functional groups attached to an aromatic ring is 1. The van der Waals surface area contributed by atoms with Crippen LogP contribution in [0.4, 0.5) is 0 Å². The molecule has 10 nitrogen and oxygen atoms in total. The number of nitrogens with one attached hydrogen (secondary N) is 4. The largest absolute Gasteiger partial charge is 0.480 e. The Hall–Kier alpha value is -3.76. The molecule has 0 radical (unpaired) electrons. The van der Waals surface area contributed by atoms with Crippen molar-refractivity contribution in [3.8, 4) is 0 Å². The number of hydrogen-bond donors (Lipinski definition) is 6. The van der Waals surface area contributed by atoms with Gasteiger partial charge in [-0.3, -0.25) is 19.8 Å². The second-order valence-electron chi connectivity index (χ2n) is 8.13. The minimum absolute atomic E-state index is 0.0189. The van der Waals surface area contributed by atoms with Crippen molar-refractivity contribution in [2.45, 2.75) is 43.9 Å². The molecule has 0 spiro atoms. The zero-order valence-corrected chi connectivity index (χ0v) is 18.6. The molecular weight excluding hydrogens is 438 g/mol. The van der Waals surface area contributed by atoms with Gasteiger partial charge in [-0.25, -0.2) is 4.79 Å². The fourth-order valence-corrected chi connectivity index (χ4v) is 3.67. The minimum Gasteiger partial charge on any atom is -0.480 e. The summed E-state index contributed by atoms with van der Waals surface area (Å²) >= 11 is 0. The van der Waals surface area contributed by atoms with E-state index in [1.165, 1.54) is 0 Å². The van der Waals surface area contributed by atoms with Crippen molar-refractivity contribution in [3.05, 3.63) is 71.3 Å². The fourth-order valence-electron chi connectivity index (χ4n) is 3.67. The van der Waals surface area contributed by atoms with E-state index in [0.717, 1.165) is 11.1 Å². The number of amidine groups is 1. The Balaban J connectivity index is 1.43. The van der Waals surface area contributed by atoms with Crippen LogP contribution in [-0.2, 0) is 25.6 Å². The third kappa shape index (κ3) is 7.39.